The first kappa shape index (κ1) is 7.98. The summed E-state index contributed by atoms with van der Waals surface area (Å²) in [5.41, 5.74) is 1.37. The quantitative estimate of drug-likeness (QED) is 0.653. The van der Waals surface area contributed by atoms with E-state index in [1.54, 1.807) is 18.2 Å². The molecule has 1 atom stereocenters. The van der Waals surface area contributed by atoms with Crippen molar-refractivity contribution in [2.75, 3.05) is 5.32 Å². The number of carbonyl (C=O) groups is 2. The van der Waals surface area contributed by atoms with Gasteiger partial charge in [-0.2, -0.15) is 0 Å². The lowest BCUT2D eigenvalue weighted by atomic mass is 10.1. The van der Waals surface area contributed by atoms with Crippen molar-refractivity contribution in [1.29, 1.82) is 0 Å². The zero-order chi connectivity index (χ0) is 9.42. The summed E-state index contributed by atoms with van der Waals surface area (Å²) in [4.78, 5) is 22.6. The van der Waals surface area contributed by atoms with E-state index in [0.29, 0.717) is 5.56 Å². The molecule has 0 amide bonds. The molecule has 1 aromatic rings. The fraction of sp³-hybridized carbons (Fsp3) is 0.200. The van der Waals surface area contributed by atoms with E-state index in [1.165, 1.54) is 6.92 Å². The molecular formula is C10H9NO2. The minimum atomic E-state index is -0.669. The van der Waals surface area contributed by atoms with Gasteiger partial charge >= 0.3 is 0 Å². The number of Topliss-reactive ketones (excluding diaryl/α,β-unsaturated/α-hetero) is 2. The third-order valence-corrected chi connectivity index (χ3v) is 2.16. The van der Waals surface area contributed by atoms with Crippen LogP contribution in [0.3, 0.4) is 0 Å². The maximum atomic E-state index is 11.6. The molecule has 3 nitrogen and oxygen atoms in total. The van der Waals surface area contributed by atoms with Crippen LogP contribution in [0.25, 0.3) is 0 Å². The summed E-state index contributed by atoms with van der Waals surface area (Å²) in [6, 6.07) is 6.49. The lowest BCUT2D eigenvalue weighted by molar-refractivity contribution is -0.116. The van der Waals surface area contributed by atoms with Gasteiger partial charge in [0, 0.05) is 11.3 Å². The number of ketones is 2. The van der Waals surface area contributed by atoms with Gasteiger partial charge in [-0.05, 0) is 19.1 Å². The summed E-state index contributed by atoms with van der Waals surface area (Å²) in [5, 5.41) is 2.88. The molecule has 0 radical (unpaired) electrons. The van der Waals surface area contributed by atoms with Gasteiger partial charge < -0.3 is 5.32 Å². The highest BCUT2D eigenvalue weighted by Crippen LogP contribution is 2.25. The Hall–Kier alpha value is -1.64. The van der Waals surface area contributed by atoms with E-state index < -0.39 is 6.04 Å². The number of carbonyl (C=O) groups excluding carboxylic acids is 2. The third kappa shape index (κ3) is 1.13. The molecule has 3 heteroatoms. The van der Waals surface area contributed by atoms with Crippen molar-refractivity contribution in [3.63, 3.8) is 0 Å². The predicted molar refractivity (Wildman–Crippen MR) is 48.9 cm³/mol. The summed E-state index contributed by atoms with van der Waals surface area (Å²) in [6.07, 6.45) is 0. The average Bonchev–Trinajstić information content (AvgIpc) is 2.45. The largest absolute Gasteiger partial charge is 0.368 e. The van der Waals surface area contributed by atoms with Gasteiger partial charge in [0.05, 0.1) is 0 Å². The van der Waals surface area contributed by atoms with Gasteiger partial charge in [-0.25, -0.2) is 0 Å². The standard InChI is InChI=1S/C10H9NO2/c1-6(12)9-10(13)7-4-2-3-5-8(7)11-9/h2-5,9,11H,1H3/t9-/m0/s1. The van der Waals surface area contributed by atoms with E-state index in [9.17, 15) is 9.59 Å². The van der Waals surface area contributed by atoms with Gasteiger partial charge in [-0.15, -0.1) is 0 Å². The molecule has 2 rings (SSSR count). The first-order chi connectivity index (χ1) is 6.20. The van der Waals surface area contributed by atoms with Crippen LogP contribution in [0.1, 0.15) is 17.3 Å². The van der Waals surface area contributed by atoms with Gasteiger partial charge in [-0.3, -0.25) is 9.59 Å². The fourth-order valence-corrected chi connectivity index (χ4v) is 1.49. The maximum Gasteiger partial charge on any atom is 0.194 e. The molecule has 66 valence electrons. The molecule has 0 saturated heterocycles. The van der Waals surface area contributed by atoms with Crippen LogP contribution in [0, 0.1) is 0 Å². The normalized spacial score (nSPS) is 19.5. The smallest absolute Gasteiger partial charge is 0.194 e. The van der Waals surface area contributed by atoms with Crippen molar-refractivity contribution >= 4 is 17.3 Å². The number of nitrogens with one attached hydrogen (secondary N) is 1. The molecule has 0 spiro atoms. The van der Waals surface area contributed by atoms with Crippen molar-refractivity contribution < 1.29 is 9.59 Å². The van der Waals surface area contributed by atoms with Crippen LogP contribution in [0.15, 0.2) is 24.3 Å². The molecule has 1 aliphatic heterocycles. The zero-order valence-corrected chi connectivity index (χ0v) is 7.20. The third-order valence-electron chi connectivity index (χ3n) is 2.16. The topological polar surface area (TPSA) is 46.2 Å². The van der Waals surface area contributed by atoms with Gasteiger partial charge in [0.15, 0.2) is 11.6 Å². The molecule has 1 aromatic carbocycles. The maximum absolute atomic E-state index is 11.6. The number of rotatable bonds is 1. The highest BCUT2D eigenvalue weighted by molar-refractivity contribution is 6.21. The van der Waals surface area contributed by atoms with Crippen molar-refractivity contribution in [2.24, 2.45) is 0 Å². The summed E-state index contributed by atoms with van der Waals surface area (Å²) >= 11 is 0. The first-order valence-electron chi connectivity index (χ1n) is 4.10. The number of para-hydroxylation sites is 1. The van der Waals surface area contributed by atoms with Crippen LogP contribution in [-0.4, -0.2) is 17.6 Å². The molecule has 1 aliphatic rings. The van der Waals surface area contributed by atoms with Gasteiger partial charge in [0.1, 0.15) is 6.04 Å². The fourth-order valence-electron chi connectivity index (χ4n) is 1.49. The number of hydrogen-bond acceptors (Lipinski definition) is 3. The molecule has 1 N–H and O–H groups in total. The molecule has 0 saturated carbocycles. The van der Waals surface area contributed by atoms with E-state index >= 15 is 0 Å². The lowest BCUT2D eigenvalue weighted by Crippen LogP contribution is -2.29. The highest BCUT2D eigenvalue weighted by atomic mass is 16.2. The van der Waals surface area contributed by atoms with Crippen molar-refractivity contribution in [3.05, 3.63) is 29.8 Å². The van der Waals surface area contributed by atoms with E-state index in [0.717, 1.165) is 5.69 Å². The Morgan fingerprint density at radius 3 is 2.69 bits per heavy atom. The Morgan fingerprint density at radius 2 is 2.08 bits per heavy atom. The van der Waals surface area contributed by atoms with Crippen LogP contribution < -0.4 is 5.32 Å². The lowest BCUT2D eigenvalue weighted by Gasteiger charge is -2.03. The van der Waals surface area contributed by atoms with E-state index in [4.69, 9.17) is 0 Å². The summed E-state index contributed by atoms with van der Waals surface area (Å²) in [6.45, 7) is 1.42. The second-order valence-electron chi connectivity index (χ2n) is 3.10. The van der Waals surface area contributed by atoms with Gasteiger partial charge in [-0.1, -0.05) is 12.1 Å². The first-order valence-corrected chi connectivity index (χ1v) is 4.10. The van der Waals surface area contributed by atoms with Crippen LogP contribution in [0.4, 0.5) is 5.69 Å². The van der Waals surface area contributed by atoms with Crippen LogP contribution >= 0.6 is 0 Å². The summed E-state index contributed by atoms with van der Waals surface area (Å²) in [5.74, 6) is -0.260. The van der Waals surface area contributed by atoms with Crippen molar-refractivity contribution in [1.82, 2.24) is 0 Å². The Labute approximate surface area is 75.8 Å². The number of benzene rings is 1. The number of fused-ring (bicyclic) bond motifs is 1. The monoisotopic (exact) mass is 175 g/mol. The summed E-state index contributed by atoms with van der Waals surface area (Å²) in [7, 11) is 0. The Kier molecular flexibility index (Phi) is 1.65. The minimum Gasteiger partial charge on any atom is -0.368 e. The molecule has 13 heavy (non-hydrogen) atoms. The highest BCUT2D eigenvalue weighted by Gasteiger charge is 2.32. The Balaban J connectivity index is 2.44. The molecule has 1 heterocycles. The predicted octanol–water partition coefficient (Wildman–Crippen LogP) is 1.25. The second-order valence-corrected chi connectivity index (χ2v) is 3.10. The second kappa shape index (κ2) is 2.69. The SMILES string of the molecule is CC(=O)[C@@H]1Nc2ccccc2C1=O. The average molecular weight is 175 g/mol. The van der Waals surface area contributed by atoms with Crippen LogP contribution in [-0.2, 0) is 4.79 Å². The van der Waals surface area contributed by atoms with Gasteiger partial charge in [0.2, 0.25) is 0 Å². The Bertz CT molecular complexity index is 384. The summed E-state index contributed by atoms with van der Waals surface area (Å²) < 4.78 is 0. The van der Waals surface area contributed by atoms with Gasteiger partial charge in [0.25, 0.3) is 0 Å². The molecule has 0 bridgehead atoms. The van der Waals surface area contributed by atoms with E-state index in [-0.39, 0.29) is 11.6 Å². The van der Waals surface area contributed by atoms with Crippen LogP contribution in [0.5, 0.6) is 0 Å². The minimum absolute atomic E-state index is 0.122. The van der Waals surface area contributed by atoms with E-state index in [1.807, 2.05) is 6.07 Å². The zero-order valence-electron chi connectivity index (χ0n) is 7.20. The molecular weight excluding hydrogens is 166 g/mol. The number of hydrogen-bond donors (Lipinski definition) is 1. The van der Waals surface area contributed by atoms with E-state index in [2.05, 4.69) is 5.32 Å². The molecule has 0 aromatic heterocycles. The molecule has 0 unspecified atom stereocenters. The molecule has 0 aliphatic carbocycles. The van der Waals surface area contributed by atoms with Crippen molar-refractivity contribution in [2.45, 2.75) is 13.0 Å². The van der Waals surface area contributed by atoms with Crippen molar-refractivity contribution in [3.8, 4) is 0 Å². The number of anilines is 1. The molecule has 0 fully saturated rings. The Morgan fingerprint density at radius 1 is 1.38 bits per heavy atom. The van der Waals surface area contributed by atoms with Crippen LogP contribution in [0.2, 0.25) is 0 Å².